The largest absolute Gasteiger partial charge is 0.324 e. The Kier molecular flexibility index (Phi) is 4.37. The summed E-state index contributed by atoms with van der Waals surface area (Å²) < 4.78 is 41.1. The Bertz CT molecular complexity index is 1000. The molecule has 138 valence electrons. The minimum absolute atomic E-state index is 0.182. The molecule has 1 fully saturated rings. The number of piperazine rings is 1. The predicted molar refractivity (Wildman–Crippen MR) is 97.3 cm³/mol. The molecule has 11 heteroatoms. The third-order valence-corrected chi connectivity index (χ3v) is 6.80. The van der Waals surface area contributed by atoms with Crippen LogP contribution in [-0.4, -0.2) is 49.0 Å². The average Bonchev–Trinajstić information content (AvgIpc) is 3.31. The lowest BCUT2D eigenvalue weighted by molar-refractivity contribution is 0.353. The maximum atomic E-state index is 13.0. The van der Waals surface area contributed by atoms with Crippen LogP contribution < -0.4 is 4.90 Å². The maximum absolute atomic E-state index is 13.0. The van der Waals surface area contributed by atoms with E-state index in [1.54, 1.807) is 18.2 Å². The minimum atomic E-state index is -3.63. The molecule has 1 saturated heterocycles. The second-order valence-corrected chi connectivity index (χ2v) is 8.80. The summed E-state index contributed by atoms with van der Waals surface area (Å²) in [6.45, 7) is 5.65. The van der Waals surface area contributed by atoms with E-state index in [4.69, 9.17) is 4.52 Å². The molecule has 1 aromatic heterocycles. The lowest BCUT2D eigenvalue weighted by Gasteiger charge is -2.32. The van der Waals surface area contributed by atoms with Crippen LogP contribution >= 0.6 is 0 Å². The van der Waals surface area contributed by atoms with Crippen LogP contribution in [0, 0.1) is 0 Å². The van der Waals surface area contributed by atoms with Gasteiger partial charge in [0.15, 0.2) is 5.82 Å². The molecule has 2 aromatic rings. The second kappa shape index (κ2) is 6.56. The highest BCUT2D eigenvalue weighted by atomic mass is 32.2. The first-order valence-corrected chi connectivity index (χ1v) is 10.4. The van der Waals surface area contributed by atoms with E-state index in [2.05, 4.69) is 18.9 Å². The smallest absolute Gasteiger partial charge is 0.322 e. The molecule has 0 bridgehead atoms. The van der Waals surface area contributed by atoms with E-state index in [0.717, 1.165) is 11.4 Å². The van der Waals surface area contributed by atoms with Crippen LogP contribution in [0.2, 0.25) is 0 Å². The molecular weight excluding hydrogens is 376 g/mol. The summed E-state index contributed by atoms with van der Waals surface area (Å²) in [5.41, 5.74) is 1.03. The third-order valence-electron chi connectivity index (χ3n) is 4.32. The van der Waals surface area contributed by atoms with Gasteiger partial charge in [0.25, 0.3) is 0 Å². The Labute approximate surface area is 154 Å². The van der Waals surface area contributed by atoms with Crippen molar-refractivity contribution in [3.63, 3.8) is 0 Å². The fourth-order valence-corrected chi connectivity index (χ4v) is 5.01. The number of aromatic nitrogens is 2. The number of nitrogens with zero attached hydrogens (tertiary/aromatic N) is 6. The highest BCUT2D eigenvalue weighted by molar-refractivity contribution is 7.89. The Morgan fingerprint density at radius 1 is 1.15 bits per heavy atom. The minimum Gasteiger partial charge on any atom is -0.322 e. The SMILES string of the molecule is CC(C)c1noc(N2CCN(S(=O)(=O)c3cccc4c3N=S=N4)CC2)n1. The van der Waals surface area contributed by atoms with Gasteiger partial charge in [0.1, 0.15) is 16.3 Å². The highest BCUT2D eigenvalue weighted by Gasteiger charge is 2.33. The number of sulfonamides is 1. The van der Waals surface area contributed by atoms with E-state index >= 15 is 0 Å². The third kappa shape index (κ3) is 2.95. The lowest BCUT2D eigenvalue weighted by atomic mass is 10.2. The Balaban J connectivity index is 1.51. The van der Waals surface area contributed by atoms with Gasteiger partial charge in [-0.2, -0.15) is 18.0 Å². The number of hydrogen-bond acceptors (Lipinski definition) is 8. The number of fused-ring (bicyclic) bond motifs is 1. The summed E-state index contributed by atoms with van der Waals surface area (Å²) in [5, 5.41) is 3.96. The fourth-order valence-electron chi connectivity index (χ4n) is 2.84. The quantitative estimate of drug-likeness (QED) is 0.673. The van der Waals surface area contributed by atoms with Crippen molar-refractivity contribution in [2.24, 2.45) is 8.73 Å². The molecule has 0 radical (unpaired) electrons. The molecular formula is C15H18N6O3S2. The summed E-state index contributed by atoms with van der Waals surface area (Å²) in [6, 6.07) is 5.48. The van der Waals surface area contributed by atoms with E-state index < -0.39 is 10.0 Å². The average molecular weight is 394 g/mol. The molecule has 9 nitrogen and oxygen atoms in total. The van der Waals surface area contributed by atoms with Crippen molar-refractivity contribution >= 4 is 38.8 Å². The van der Waals surface area contributed by atoms with Crippen molar-refractivity contribution in [3.05, 3.63) is 24.0 Å². The van der Waals surface area contributed by atoms with Crippen molar-refractivity contribution < 1.29 is 12.9 Å². The van der Waals surface area contributed by atoms with Gasteiger partial charge in [0.2, 0.25) is 10.0 Å². The van der Waals surface area contributed by atoms with Gasteiger partial charge in [-0.3, -0.25) is 0 Å². The zero-order chi connectivity index (χ0) is 18.3. The van der Waals surface area contributed by atoms with Gasteiger partial charge >= 0.3 is 6.01 Å². The van der Waals surface area contributed by atoms with Crippen molar-refractivity contribution in [2.45, 2.75) is 24.7 Å². The number of hydrogen-bond donors (Lipinski definition) is 0. The topological polar surface area (TPSA) is 104 Å². The molecule has 3 heterocycles. The summed E-state index contributed by atoms with van der Waals surface area (Å²) >= 11 is 1.01. The standard InChI is InChI=1S/C15H18N6O3S2/c1-10(2)14-16-15(24-17-14)20-6-8-21(9-7-20)26(22,23)12-5-3-4-11-13(12)19-25-18-11/h3-5,10H,6-9H2,1-2H3. The van der Waals surface area contributed by atoms with Crippen molar-refractivity contribution in [3.8, 4) is 0 Å². The molecule has 0 aliphatic carbocycles. The van der Waals surface area contributed by atoms with E-state index in [0.29, 0.717) is 49.4 Å². The zero-order valence-electron chi connectivity index (χ0n) is 14.4. The van der Waals surface area contributed by atoms with Gasteiger partial charge in [-0.25, -0.2) is 8.42 Å². The van der Waals surface area contributed by atoms with Crippen molar-refractivity contribution in [2.75, 3.05) is 31.1 Å². The summed E-state index contributed by atoms with van der Waals surface area (Å²) in [6.07, 6.45) is 0. The van der Waals surface area contributed by atoms with Gasteiger partial charge in [0.05, 0.1) is 11.4 Å². The van der Waals surface area contributed by atoms with Crippen LogP contribution in [0.15, 0.2) is 36.3 Å². The van der Waals surface area contributed by atoms with Crippen LogP contribution in [0.4, 0.5) is 17.4 Å². The van der Waals surface area contributed by atoms with Crippen LogP contribution in [0.1, 0.15) is 25.6 Å². The Morgan fingerprint density at radius 3 is 2.62 bits per heavy atom. The van der Waals surface area contributed by atoms with E-state index in [1.807, 2.05) is 18.7 Å². The summed E-state index contributed by atoms with van der Waals surface area (Å²) in [5.74, 6) is 0.833. The summed E-state index contributed by atoms with van der Waals surface area (Å²) in [7, 11) is -3.63. The lowest BCUT2D eigenvalue weighted by Crippen LogP contribution is -2.48. The first-order valence-electron chi connectivity index (χ1n) is 8.27. The zero-order valence-corrected chi connectivity index (χ0v) is 16.0. The molecule has 1 aromatic carbocycles. The molecule has 0 atom stereocenters. The van der Waals surface area contributed by atoms with Crippen LogP contribution in [0.5, 0.6) is 0 Å². The molecule has 0 spiro atoms. The van der Waals surface area contributed by atoms with Crippen LogP contribution in [-0.2, 0) is 21.4 Å². The number of rotatable bonds is 4. The molecule has 0 amide bonds. The van der Waals surface area contributed by atoms with Gasteiger partial charge in [0, 0.05) is 32.1 Å². The van der Waals surface area contributed by atoms with Gasteiger partial charge in [-0.1, -0.05) is 25.1 Å². The molecule has 0 saturated carbocycles. The normalized spacial score (nSPS) is 17.6. The Hall–Kier alpha value is -2.11. The molecule has 4 rings (SSSR count). The number of anilines is 1. The van der Waals surface area contributed by atoms with Crippen LogP contribution in [0.3, 0.4) is 0 Å². The fraction of sp³-hybridized carbons (Fsp3) is 0.467. The molecule has 0 unspecified atom stereocenters. The monoisotopic (exact) mass is 394 g/mol. The number of benzene rings is 1. The van der Waals surface area contributed by atoms with Gasteiger partial charge in [-0.05, 0) is 12.1 Å². The van der Waals surface area contributed by atoms with E-state index in [9.17, 15) is 8.42 Å². The Morgan fingerprint density at radius 2 is 1.92 bits per heavy atom. The maximum Gasteiger partial charge on any atom is 0.324 e. The predicted octanol–water partition coefficient (Wildman–Crippen LogP) is 2.43. The first kappa shape index (κ1) is 17.3. The second-order valence-electron chi connectivity index (χ2n) is 6.37. The molecule has 0 N–H and O–H groups in total. The molecule has 2 aliphatic rings. The van der Waals surface area contributed by atoms with E-state index in [1.165, 1.54) is 4.31 Å². The van der Waals surface area contributed by atoms with Gasteiger partial charge < -0.3 is 9.42 Å². The first-order chi connectivity index (χ1) is 12.5. The summed E-state index contributed by atoms with van der Waals surface area (Å²) in [4.78, 5) is 6.49. The van der Waals surface area contributed by atoms with Crippen LogP contribution in [0.25, 0.3) is 0 Å². The van der Waals surface area contributed by atoms with E-state index in [-0.39, 0.29) is 10.8 Å². The molecule has 2 aliphatic heterocycles. The highest BCUT2D eigenvalue weighted by Crippen LogP contribution is 2.38. The molecule has 26 heavy (non-hydrogen) atoms. The van der Waals surface area contributed by atoms with Gasteiger partial charge in [-0.15, -0.1) is 0 Å². The van der Waals surface area contributed by atoms with Crippen molar-refractivity contribution in [1.29, 1.82) is 0 Å². The van der Waals surface area contributed by atoms with Crippen molar-refractivity contribution in [1.82, 2.24) is 14.4 Å².